The van der Waals surface area contributed by atoms with Crippen molar-refractivity contribution in [3.8, 4) is 0 Å². The zero-order chi connectivity index (χ0) is 17.4. The molecule has 2 N–H and O–H groups in total. The highest BCUT2D eigenvalue weighted by atomic mass is 16.1. The fraction of sp³-hybridized carbons (Fsp3) is 0.300. The number of H-pyrrole nitrogens is 1. The number of fused-ring (bicyclic) bond motifs is 1. The summed E-state index contributed by atoms with van der Waals surface area (Å²) in [6.07, 6.45) is 4.12. The summed E-state index contributed by atoms with van der Waals surface area (Å²) in [7, 11) is 0. The van der Waals surface area contributed by atoms with E-state index in [-0.39, 0.29) is 5.91 Å². The SMILES string of the molecule is Cc1cc(C)c2cc(C(=O)Nc3cccnc3N3CCCC3)[nH]c2c1. The van der Waals surface area contributed by atoms with Gasteiger partial charge in [0, 0.05) is 30.2 Å². The summed E-state index contributed by atoms with van der Waals surface area (Å²) in [5, 5.41) is 4.11. The highest BCUT2D eigenvalue weighted by molar-refractivity contribution is 6.07. The van der Waals surface area contributed by atoms with Crippen LogP contribution in [0.4, 0.5) is 11.5 Å². The Balaban J connectivity index is 1.63. The molecule has 1 aliphatic heterocycles. The number of aromatic amines is 1. The molecule has 0 atom stereocenters. The molecular formula is C20H22N4O. The van der Waals surface area contributed by atoms with Gasteiger partial charge in [0.2, 0.25) is 0 Å². The van der Waals surface area contributed by atoms with Crippen LogP contribution in [0.15, 0.2) is 36.5 Å². The summed E-state index contributed by atoms with van der Waals surface area (Å²) in [6, 6.07) is 9.89. The van der Waals surface area contributed by atoms with E-state index in [9.17, 15) is 4.79 Å². The Morgan fingerprint density at radius 3 is 2.80 bits per heavy atom. The van der Waals surface area contributed by atoms with E-state index in [1.165, 1.54) is 24.0 Å². The monoisotopic (exact) mass is 334 g/mol. The Kier molecular flexibility index (Phi) is 3.92. The molecule has 1 aliphatic rings. The molecule has 25 heavy (non-hydrogen) atoms. The Bertz CT molecular complexity index is 938. The number of benzene rings is 1. The molecule has 128 valence electrons. The average molecular weight is 334 g/mol. The first-order valence-corrected chi connectivity index (χ1v) is 8.73. The number of aromatic nitrogens is 2. The number of hydrogen-bond donors (Lipinski definition) is 2. The van der Waals surface area contributed by atoms with Crippen LogP contribution >= 0.6 is 0 Å². The van der Waals surface area contributed by atoms with Crippen LogP contribution in [0.3, 0.4) is 0 Å². The molecule has 1 aromatic carbocycles. The van der Waals surface area contributed by atoms with Gasteiger partial charge in [0.25, 0.3) is 5.91 Å². The van der Waals surface area contributed by atoms with Crippen LogP contribution in [0.1, 0.15) is 34.5 Å². The smallest absolute Gasteiger partial charge is 0.272 e. The van der Waals surface area contributed by atoms with Gasteiger partial charge in [0.1, 0.15) is 5.69 Å². The van der Waals surface area contributed by atoms with Gasteiger partial charge in [-0.25, -0.2) is 4.98 Å². The van der Waals surface area contributed by atoms with E-state index in [1.54, 1.807) is 6.20 Å². The number of anilines is 2. The minimum atomic E-state index is -0.137. The molecular weight excluding hydrogens is 312 g/mol. The second-order valence-corrected chi connectivity index (χ2v) is 6.75. The minimum absolute atomic E-state index is 0.137. The quantitative estimate of drug-likeness (QED) is 0.760. The van der Waals surface area contributed by atoms with Crippen molar-refractivity contribution in [3.05, 3.63) is 53.3 Å². The lowest BCUT2D eigenvalue weighted by Gasteiger charge is -2.19. The maximum absolute atomic E-state index is 12.8. The summed E-state index contributed by atoms with van der Waals surface area (Å²) in [5.41, 5.74) is 4.68. The predicted octanol–water partition coefficient (Wildman–Crippen LogP) is 4.03. The third-order valence-electron chi connectivity index (χ3n) is 4.77. The van der Waals surface area contributed by atoms with Gasteiger partial charge >= 0.3 is 0 Å². The molecule has 1 saturated heterocycles. The normalized spacial score (nSPS) is 14.2. The number of aryl methyl sites for hydroxylation is 2. The molecule has 3 heterocycles. The molecule has 3 aromatic rings. The number of rotatable bonds is 3. The molecule has 5 heteroatoms. The van der Waals surface area contributed by atoms with Crippen LogP contribution in [0.5, 0.6) is 0 Å². The Morgan fingerprint density at radius 2 is 2.00 bits per heavy atom. The van der Waals surface area contributed by atoms with Gasteiger partial charge in [-0.05, 0) is 62.1 Å². The van der Waals surface area contributed by atoms with Gasteiger partial charge in [0.05, 0.1) is 5.69 Å². The van der Waals surface area contributed by atoms with Crippen molar-refractivity contribution in [3.63, 3.8) is 0 Å². The first-order valence-electron chi connectivity index (χ1n) is 8.73. The molecule has 0 radical (unpaired) electrons. The van der Waals surface area contributed by atoms with Crippen LogP contribution in [0, 0.1) is 13.8 Å². The molecule has 4 rings (SSSR count). The molecule has 0 aliphatic carbocycles. The highest BCUT2D eigenvalue weighted by Gasteiger charge is 2.19. The van der Waals surface area contributed by atoms with Gasteiger partial charge in [-0.2, -0.15) is 0 Å². The third-order valence-corrected chi connectivity index (χ3v) is 4.77. The van der Waals surface area contributed by atoms with Crippen molar-refractivity contribution < 1.29 is 4.79 Å². The number of carbonyl (C=O) groups excluding carboxylic acids is 1. The lowest BCUT2D eigenvalue weighted by molar-refractivity contribution is 0.102. The number of nitrogens with zero attached hydrogens (tertiary/aromatic N) is 2. The van der Waals surface area contributed by atoms with Gasteiger partial charge < -0.3 is 15.2 Å². The van der Waals surface area contributed by atoms with E-state index in [0.29, 0.717) is 5.69 Å². The number of amides is 1. The second-order valence-electron chi connectivity index (χ2n) is 6.75. The molecule has 0 unspecified atom stereocenters. The van der Waals surface area contributed by atoms with E-state index in [1.807, 2.05) is 18.2 Å². The number of carbonyl (C=O) groups is 1. The van der Waals surface area contributed by atoms with Crippen LogP contribution in [-0.2, 0) is 0 Å². The average Bonchev–Trinajstić information content (AvgIpc) is 3.24. The van der Waals surface area contributed by atoms with E-state index in [0.717, 1.165) is 35.5 Å². The van der Waals surface area contributed by atoms with E-state index in [2.05, 4.69) is 46.2 Å². The minimum Gasteiger partial charge on any atom is -0.355 e. The highest BCUT2D eigenvalue weighted by Crippen LogP contribution is 2.27. The van der Waals surface area contributed by atoms with Crippen molar-refractivity contribution in [2.45, 2.75) is 26.7 Å². The first-order chi connectivity index (χ1) is 12.1. The summed E-state index contributed by atoms with van der Waals surface area (Å²) in [4.78, 5) is 22.7. The zero-order valence-electron chi connectivity index (χ0n) is 14.6. The maximum Gasteiger partial charge on any atom is 0.272 e. The van der Waals surface area contributed by atoms with Crippen molar-refractivity contribution >= 4 is 28.3 Å². The summed E-state index contributed by atoms with van der Waals surface area (Å²) >= 11 is 0. The number of pyridine rings is 1. The Hall–Kier alpha value is -2.82. The maximum atomic E-state index is 12.8. The van der Waals surface area contributed by atoms with Crippen molar-refractivity contribution in [2.24, 2.45) is 0 Å². The lowest BCUT2D eigenvalue weighted by Crippen LogP contribution is -2.22. The molecule has 2 aromatic heterocycles. The summed E-state index contributed by atoms with van der Waals surface area (Å²) < 4.78 is 0. The predicted molar refractivity (Wildman–Crippen MR) is 101 cm³/mol. The van der Waals surface area contributed by atoms with Crippen molar-refractivity contribution in [1.82, 2.24) is 9.97 Å². The molecule has 0 saturated carbocycles. The van der Waals surface area contributed by atoms with E-state index < -0.39 is 0 Å². The van der Waals surface area contributed by atoms with Crippen LogP contribution < -0.4 is 10.2 Å². The molecule has 0 bridgehead atoms. The zero-order valence-corrected chi connectivity index (χ0v) is 14.6. The van der Waals surface area contributed by atoms with Crippen molar-refractivity contribution in [2.75, 3.05) is 23.3 Å². The van der Waals surface area contributed by atoms with Crippen LogP contribution in [0.2, 0.25) is 0 Å². The standard InChI is InChI=1S/C20H22N4O/c1-13-10-14(2)15-12-18(22-17(15)11-13)20(25)23-16-6-5-7-21-19(16)24-8-3-4-9-24/h5-7,10-12,22H,3-4,8-9H2,1-2H3,(H,23,25). The molecule has 1 fully saturated rings. The van der Waals surface area contributed by atoms with E-state index in [4.69, 9.17) is 0 Å². The van der Waals surface area contributed by atoms with Gasteiger partial charge in [-0.1, -0.05) is 6.07 Å². The largest absolute Gasteiger partial charge is 0.355 e. The van der Waals surface area contributed by atoms with Crippen LogP contribution in [0.25, 0.3) is 10.9 Å². The Morgan fingerprint density at radius 1 is 1.20 bits per heavy atom. The summed E-state index contributed by atoms with van der Waals surface area (Å²) in [6.45, 7) is 6.11. The number of nitrogens with one attached hydrogen (secondary N) is 2. The number of hydrogen-bond acceptors (Lipinski definition) is 3. The topological polar surface area (TPSA) is 61.0 Å². The lowest BCUT2D eigenvalue weighted by atomic mass is 10.1. The first kappa shape index (κ1) is 15.7. The van der Waals surface area contributed by atoms with E-state index >= 15 is 0 Å². The Labute approximate surface area is 147 Å². The third kappa shape index (κ3) is 2.97. The fourth-order valence-corrected chi connectivity index (χ4v) is 3.59. The molecule has 0 spiro atoms. The summed E-state index contributed by atoms with van der Waals surface area (Å²) in [5.74, 6) is 0.721. The second kappa shape index (κ2) is 6.24. The van der Waals surface area contributed by atoms with Gasteiger partial charge in [-0.3, -0.25) is 4.79 Å². The van der Waals surface area contributed by atoms with Gasteiger partial charge in [0.15, 0.2) is 5.82 Å². The van der Waals surface area contributed by atoms with Crippen molar-refractivity contribution in [1.29, 1.82) is 0 Å². The molecule has 5 nitrogen and oxygen atoms in total. The fourth-order valence-electron chi connectivity index (χ4n) is 3.59. The van der Waals surface area contributed by atoms with Crippen LogP contribution in [-0.4, -0.2) is 29.0 Å². The van der Waals surface area contributed by atoms with Gasteiger partial charge in [-0.15, -0.1) is 0 Å². The molecule has 1 amide bonds.